The maximum atomic E-state index is 14.6. The van der Waals surface area contributed by atoms with Gasteiger partial charge in [0, 0.05) is 31.8 Å². The highest BCUT2D eigenvalue weighted by molar-refractivity contribution is 7.80. The van der Waals surface area contributed by atoms with Crippen molar-refractivity contribution < 1.29 is 131 Å². The average Bonchev–Trinajstić information content (AvgIpc) is 1.71. The molecule has 54 nitrogen and oxygen atoms in total. The highest BCUT2D eigenvalue weighted by Crippen LogP contribution is 2.22. The van der Waals surface area contributed by atoms with Crippen LogP contribution in [0.1, 0.15) is 208 Å². The summed E-state index contributed by atoms with van der Waals surface area (Å²) in [4.78, 5) is 290. The molecule has 1 aliphatic heterocycles. The molecule has 1 rings (SSSR count). The number of hydrogen-bond donors (Lipinski definition) is 33. The van der Waals surface area contributed by atoms with E-state index in [-0.39, 0.29) is 132 Å². The van der Waals surface area contributed by atoms with Crippen LogP contribution in [0.15, 0.2) is 0 Å². The van der Waals surface area contributed by atoms with E-state index < -0.39 is 308 Å². The van der Waals surface area contributed by atoms with E-state index in [0.717, 1.165) is 11.8 Å². The van der Waals surface area contributed by atoms with Gasteiger partial charge in [0.1, 0.15) is 103 Å². The molecule has 824 valence electrons. The number of aliphatic carboxylic acids is 2. The number of aliphatic hydroxyl groups excluding tert-OH is 4. The van der Waals surface area contributed by atoms with E-state index in [9.17, 15) is 131 Å². The van der Waals surface area contributed by atoms with Crippen LogP contribution >= 0.6 is 12.6 Å². The molecule has 0 aromatic carbocycles. The van der Waals surface area contributed by atoms with Crippen molar-refractivity contribution in [3.63, 3.8) is 0 Å². The number of thiol groups is 1. The van der Waals surface area contributed by atoms with Gasteiger partial charge >= 0.3 is 11.9 Å². The number of likely N-dealkylation sites (tertiary alicyclic amines) is 1. The van der Waals surface area contributed by atoms with Crippen molar-refractivity contribution in [3.05, 3.63) is 0 Å². The van der Waals surface area contributed by atoms with Gasteiger partial charge < -0.3 is 165 Å². The summed E-state index contributed by atoms with van der Waals surface area (Å²) in [7, 11) is 0. The SMILES string of the molecule is CC(C)C[C@H](NC(=O)CNC(=O)[C@H](CC(C)C)NC(=O)[C@H](CCCCN)NC(=O)[C@H](CCCNC(=N)N)NC(=O)[C@H](C)NC(=O)[C@@H](NC(=O)[C@H](CCC(=O)O)NC(=O)[C@@H](NC(=O)[C@H](CC(C)C)NC(=O)[C@@H](NC(=O)[C@@H]1CCCN1C(=O)[C@@H](NC(=O)[C@H](CO)NC(=O)[C@@H](N)C(C)C)[C@@H](C)O)[C@@H](C)O)C(C)C)C(C)C)C(=O)N[C@H](C(=O)NCC(=O)N[C@@H](CO)C(=O)N[C@@H](CCCNC(=N)N)C(=O)N[C@@H](CS)C(=O)O)C(C)C. The molecule has 55 heteroatoms. The number of carboxylic acids is 2. The van der Waals surface area contributed by atoms with Gasteiger partial charge in [0.25, 0.3) is 0 Å². The predicted octanol–water partition coefficient (Wildman–Crippen LogP) is -9.64. The Morgan fingerprint density at radius 2 is 0.703 bits per heavy atom. The Morgan fingerprint density at radius 1 is 0.366 bits per heavy atom. The topological polar surface area (TPSA) is 875 Å². The summed E-state index contributed by atoms with van der Waals surface area (Å²) < 4.78 is 0. The fourth-order valence-corrected chi connectivity index (χ4v) is 14.9. The molecule has 0 saturated carbocycles. The number of hydrogen-bond acceptors (Lipinski definition) is 30. The van der Waals surface area contributed by atoms with Crippen LogP contribution in [0.4, 0.5) is 0 Å². The summed E-state index contributed by atoms with van der Waals surface area (Å²) in [5, 5.41) is 126. The van der Waals surface area contributed by atoms with Crippen LogP contribution in [0.3, 0.4) is 0 Å². The Balaban J connectivity index is 3.49. The van der Waals surface area contributed by atoms with Crippen LogP contribution in [0.5, 0.6) is 0 Å². The molecule has 0 unspecified atom stereocenters. The third kappa shape index (κ3) is 48.4. The van der Waals surface area contributed by atoms with Gasteiger partial charge in [0.05, 0.1) is 44.6 Å². The number of carbonyl (C=O) groups excluding carboxylic acids is 19. The van der Waals surface area contributed by atoms with Crippen LogP contribution in [-0.4, -0.2) is 351 Å². The normalized spacial score (nSPS) is 16.4. The lowest BCUT2D eigenvalue weighted by Crippen LogP contribution is -2.63. The molecule has 1 fully saturated rings. The van der Waals surface area contributed by atoms with E-state index in [1.807, 2.05) is 0 Å². The maximum absolute atomic E-state index is 14.6. The maximum Gasteiger partial charge on any atom is 0.327 e. The van der Waals surface area contributed by atoms with Crippen LogP contribution in [0.2, 0.25) is 0 Å². The minimum absolute atomic E-state index is 0.00467. The molecule has 0 aromatic rings. The van der Waals surface area contributed by atoms with E-state index in [1.54, 1.807) is 69.2 Å². The largest absolute Gasteiger partial charge is 0.481 e. The number of rotatable bonds is 68. The smallest absolute Gasteiger partial charge is 0.327 e. The van der Waals surface area contributed by atoms with Gasteiger partial charge in [0.15, 0.2) is 11.9 Å². The predicted molar refractivity (Wildman–Crippen MR) is 530 cm³/mol. The molecule has 0 aromatic heterocycles. The van der Waals surface area contributed by atoms with Crippen molar-refractivity contribution in [1.29, 1.82) is 10.8 Å². The minimum atomic E-state index is -1.82. The molecular weight excluding hydrogens is 1920 g/mol. The lowest BCUT2D eigenvalue weighted by molar-refractivity contribution is -0.145. The van der Waals surface area contributed by atoms with Crippen molar-refractivity contribution in [2.24, 2.45) is 64.4 Å². The first-order valence-electron chi connectivity index (χ1n) is 48.6. The van der Waals surface area contributed by atoms with E-state index in [0.29, 0.717) is 6.42 Å². The summed E-state index contributed by atoms with van der Waals surface area (Å²) >= 11 is 3.93. The molecule has 1 saturated heterocycles. The molecule has 0 aliphatic carbocycles. The van der Waals surface area contributed by atoms with Gasteiger partial charge in [0.2, 0.25) is 112 Å². The quantitative estimate of drug-likeness (QED) is 0.0116. The summed E-state index contributed by atoms with van der Waals surface area (Å²) in [6, 6.07) is -27.2. The van der Waals surface area contributed by atoms with Crippen molar-refractivity contribution >= 4 is 149 Å². The fourth-order valence-electron chi connectivity index (χ4n) is 14.6. The number of carbonyl (C=O) groups is 21. The molecule has 0 radical (unpaired) electrons. The summed E-state index contributed by atoms with van der Waals surface area (Å²) in [5.41, 5.74) is 22.6. The third-order valence-electron chi connectivity index (χ3n) is 22.9. The van der Waals surface area contributed by atoms with Gasteiger partial charge in [-0.3, -0.25) is 107 Å². The second-order valence-corrected chi connectivity index (χ2v) is 38.8. The summed E-state index contributed by atoms with van der Waals surface area (Å²) in [5.74, 6) is -26.1. The number of carboxylic acid groups (broad SMARTS) is 2. The van der Waals surface area contributed by atoms with Crippen molar-refractivity contribution in [2.45, 2.75) is 329 Å². The Bertz CT molecular complexity index is 4360. The molecule has 19 amide bonds. The van der Waals surface area contributed by atoms with E-state index >= 15 is 0 Å². The Kier molecular flexibility index (Phi) is 59.9. The van der Waals surface area contributed by atoms with Gasteiger partial charge in [-0.15, -0.1) is 0 Å². The number of aliphatic hydroxyl groups is 4. The van der Waals surface area contributed by atoms with Gasteiger partial charge in [-0.05, 0) is 152 Å². The number of amides is 19. The summed E-state index contributed by atoms with van der Waals surface area (Å²) in [6.07, 6.45) is -4.32. The Morgan fingerprint density at radius 3 is 1.12 bits per heavy atom. The third-order valence-corrected chi connectivity index (χ3v) is 23.3. The number of guanidine groups is 2. The standard InChI is InChI=1S/C90H161N27O27S/c1-41(2)33-55(72(127)99-36-62(122)102-56(34-42(3)4)77(132)112-66(45(9)10)83(138)100-37-63(123)103-58(38-118)79(134)106-53(25-21-31-98-90(95)96)75(130)111-60(40-145)88(143)144)108-74(129)51(23-18-19-29-91)105-73(128)52(24-20-30-97-89(93)94)104-71(126)48(15)101-84(139)67(46(11)12)113-76(131)54(27-28-64(124)125)107-85(140)68(47(13)14)114-78(133)57(35-43(5)6)109-86(141)69(49(16)120)115-81(136)61-26-22-32-117(61)87(142)70(50(17)121)116-80(135)59(39-119)110-82(137)65(92)44(7)8/h41-61,65-70,118-121,145H,18-40,91-92H2,1-17H3,(H,99,127)(H,100,138)(H,101,139)(H,102,122)(H,103,123)(H,104,126)(H,105,128)(H,106,134)(H,107,140)(H,108,129)(H,109,141)(H,110,137)(H,111,130)(H,112,132)(H,113,131)(H,114,133)(H,115,136)(H,116,135)(H,124,125)(H,143,144)(H4,93,94,97)(H4,95,96,98)/t48-,49+,50+,51-,52-,53-,54-,55-,56-,57-,58-,59-,60-,61-,65-,66-,67-,68-,69-,70-/m0/s1. The number of unbranched alkanes of at least 4 members (excludes halogenated alkanes) is 1. The monoisotopic (exact) mass is 2080 g/mol. The first-order valence-corrected chi connectivity index (χ1v) is 49.3. The Labute approximate surface area is 849 Å². The van der Waals surface area contributed by atoms with E-state index in [4.69, 9.17) is 33.8 Å². The van der Waals surface area contributed by atoms with Crippen LogP contribution < -0.4 is 129 Å². The molecule has 145 heavy (non-hydrogen) atoms. The van der Waals surface area contributed by atoms with Crippen molar-refractivity contribution in [1.82, 2.24) is 111 Å². The first kappa shape index (κ1) is 131. The zero-order valence-corrected chi connectivity index (χ0v) is 86.7. The van der Waals surface area contributed by atoms with Crippen molar-refractivity contribution in [2.75, 3.05) is 58.2 Å². The second kappa shape index (κ2) is 66.5. The fraction of sp³-hybridized carbons (Fsp3) is 0.744. The lowest BCUT2D eigenvalue weighted by Gasteiger charge is -2.32. The highest BCUT2D eigenvalue weighted by atomic mass is 32.1. The number of nitrogens with two attached hydrogens (primary N) is 4. The highest BCUT2D eigenvalue weighted by Gasteiger charge is 2.45. The molecule has 0 spiro atoms. The molecule has 1 aliphatic rings. The molecule has 1 heterocycles. The van der Waals surface area contributed by atoms with Crippen LogP contribution in [0, 0.1) is 52.2 Å². The zero-order chi connectivity index (χ0) is 111. The molecular formula is C90H161N27O27S. The van der Waals surface area contributed by atoms with E-state index in [2.05, 4.69) is 119 Å². The molecule has 20 atom stereocenters. The van der Waals surface area contributed by atoms with Gasteiger partial charge in [-0.2, -0.15) is 12.6 Å². The van der Waals surface area contributed by atoms with E-state index in [1.165, 1.54) is 41.5 Å². The molecule has 0 bridgehead atoms. The lowest BCUT2D eigenvalue weighted by atomic mass is 9.98. The van der Waals surface area contributed by atoms with Crippen LogP contribution in [-0.2, 0) is 101 Å². The van der Waals surface area contributed by atoms with Crippen LogP contribution in [0.25, 0.3) is 0 Å². The number of nitrogens with zero attached hydrogens (tertiary/aromatic N) is 1. The average molecular weight is 2090 g/mol. The van der Waals surface area contributed by atoms with Gasteiger partial charge in [-0.25, -0.2) is 4.79 Å². The van der Waals surface area contributed by atoms with Crippen molar-refractivity contribution in [3.8, 4) is 0 Å². The Hall–Kier alpha value is -12.5. The first-order chi connectivity index (χ1) is 67.7. The minimum Gasteiger partial charge on any atom is -0.481 e. The zero-order valence-electron chi connectivity index (χ0n) is 85.8. The second-order valence-electron chi connectivity index (χ2n) is 38.5. The van der Waals surface area contributed by atoms with Gasteiger partial charge in [-0.1, -0.05) is 96.9 Å². The summed E-state index contributed by atoms with van der Waals surface area (Å²) in [6.45, 7) is 22.8. The molecule has 36 N–H and O–H groups in total. The number of nitrogens with one attached hydrogen (secondary N) is 22.